The van der Waals surface area contributed by atoms with Crippen LogP contribution in [0.2, 0.25) is 0 Å². The predicted octanol–water partition coefficient (Wildman–Crippen LogP) is 4.16. The van der Waals surface area contributed by atoms with Gasteiger partial charge in [-0.15, -0.1) is 0 Å². The van der Waals surface area contributed by atoms with Crippen molar-refractivity contribution in [1.82, 2.24) is 0 Å². The van der Waals surface area contributed by atoms with Crippen molar-refractivity contribution in [3.63, 3.8) is 0 Å². The zero-order valence-electron chi connectivity index (χ0n) is 9.29. The monoisotopic (exact) mass is 200 g/mol. The molecule has 1 aliphatic rings. The third-order valence-corrected chi connectivity index (χ3v) is 3.88. The maximum atomic E-state index is 4.65. The third kappa shape index (κ3) is 3.93. The molecule has 1 fully saturated rings. The highest BCUT2D eigenvalue weighted by Gasteiger charge is 2.25. The van der Waals surface area contributed by atoms with Gasteiger partial charge in [-0.1, -0.05) is 27.2 Å². The highest BCUT2D eigenvalue weighted by atomic mass is 32.1. The average molecular weight is 200 g/mol. The van der Waals surface area contributed by atoms with Crippen LogP contribution in [-0.2, 0) is 0 Å². The van der Waals surface area contributed by atoms with Crippen LogP contribution in [-0.4, -0.2) is 5.25 Å². The molecule has 0 aromatic carbocycles. The van der Waals surface area contributed by atoms with Crippen LogP contribution < -0.4 is 0 Å². The normalized spacial score (nSPS) is 31.2. The van der Waals surface area contributed by atoms with Crippen LogP contribution in [0, 0.1) is 17.8 Å². The van der Waals surface area contributed by atoms with E-state index in [4.69, 9.17) is 0 Å². The second-order valence-corrected chi connectivity index (χ2v) is 5.89. The van der Waals surface area contributed by atoms with Crippen molar-refractivity contribution in [2.75, 3.05) is 0 Å². The standard InChI is InChI=1S/C12H24S/c1-9(2)7-10(3)8-11-5-4-6-12(11)13/h9-13H,4-8H2,1-3H3/t10-,11?,12?/m1/s1. The summed E-state index contributed by atoms with van der Waals surface area (Å²) in [6.07, 6.45) is 6.98. The molecular weight excluding hydrogens is 176 g/mol. The van der Waals surface area contributed by atoms with Crippen LogP contribution in [0.1, 0.15) is 52.9 Å². The van der Waals surface area contributed by atoms with Crippen molar-refractivity contribution in [2.24, 2.45) is 17.8 Å². The first-order valence-electron chi connectivity index (χ1n) is 5.77. The maximum Gasteiger partial charge on any atom is 0.00451 e. The molecule has 1 rings (SSSR count). The summed E-state index contributed by atoms with van der Waals surface area (Å²) in [4.78, 5) is 0. The molecule has 0 amide bonds. The molecule has 0 heterocycles. The van der Waals surface area contributed by atoms with Gasteiger partial charge in [0.2, 0.25) is 0 Å². The SMILES string of the molecule is CC(C)C[C@@H](C)CC1CCCC1S. The first kappa shape index (κ1) is 11.4. The lowest BCUT2D eigenvalue weighted by Gasteiger charge is -2.20. The number of rotatable bonds is 4. The number of hydrogen-bond acceptors (Lipinski definition) is 1. The van der Waals surface area contributed by atoms with E-state index in [1.165, 1.54) is 32.1 Å². The second-order valence-electron chi connectivity index (χ2n) is 5.23. The summed E-state index contributed by atoms with van der Waals surface area (Å²) >= 11 is 4.65. The second kappa shape index (κ2) is 5.29. The molecule has 0 aliphatic heterocycles. The van der Waals surface area contributed by atoms with E-state index in [-0.39, 0.29) is 0 Å². The first-order valence-corrected chi connectivity index (χ1v) is 6.29. The molecule has 1 heteroatoms. The van der Waals surface area contributed by atoms with E-state index in [0.717, 1.165) is 17.8 Å². The summed E-state index contributed by atoms with van der Waals surface area (Å²) in [6, 6.07) is 0. The minimum absolute atomic E-state index is 0.703. The van der Waals surface area contributed by atoms with Gasteiger partial charge in [-0.2, -0.15) is 12.6 Å². The first-order chi connectivity index (χ1) is 6.09. The van der Waals surface area contributed by atoms with E-state index < -0.39 is 0 Å². The molecule has 0 aromatic rings. The Morgan fingerprint density at radius 1 is 1.23 bits per heavy atom. The molecule has 0 saturated heterocycles. The Morgan fingerprint density at radius 3 is 2.38 bits per heavy atom. The number of thiol groups is 1. The molecule has 13 heavy (non-hydrogen) atoms. The Kier molecular flexibility index (Phi) is 4.64. The molecular formula is C12H24S. The lowest BCUT2D eigenvalue weighted by molar-refractivity contribution is 0.348. The van der Waals surface area contributed by atoms with Crippen molar-refractivity contribution in [1.29, 1.82) is 0 Å². The van der Waals surface area contributed by atoms with Gasteiger partial charge in [0, 0.05) is 5.25 Å². The molecule has 78 valence electrons. The molecule has 0 bridgehead atoms. The molecule has 0 spiro atoms. The topological polar surface area (TPSA) is 0 Å². The Balaban J connectivity index is 2.22. The van der Waals surface area contributed by atoms with Gasteiger partial charge < -0.3 is 0 Å². The minimum Gasteiger partial charge on any atom is -0.176 e. The summed E-state index contributed by atoms with van der Waals surface area (Å²) < 4.78 is 0. The molecule has 0 aromatic heterocycles. The van der Waals surface area contributed by atoms with Crippen molar-refractivity contribution in [3.8, 4) is 0 Å². The highest BCUT2D eigenvalue weighted by molar-refractivity contribution is 7.81. The molecule has 1 saturated carbocycles. The van der Waals surface area contributed by atoms with E-state index >= 15 is 0 Å². The van der Waals surface area contributed by atoms with Gasteiger partial charge in [0.25, 0.3) is 0 Å². The summed E-state index contributed by atoms with van der Waals surface area (Å²) in [6.45, 7) is 7.05. The minimum atomic E-state index is 0.703. The van der Waals surface area contributed by atoms with Crippen molar-refractivity contribution >= 4 is 12.6 Å². The lowest BCUT2D eigenvalue weighted by Crippen LogP contribution is -2.12. The molecule has 2 unspecified atom stereocenters. The summed E-state index contributed by atoms with van der Waals surface area (Å²) in [7, 11) is 0. The van der Waals surface area contributed by atoms with Crippen molar-refractivity contribution in [3.05, 3.63) is 0 Å². The third-order valence-electron chi connectivity index (χ3n) is 3.20. The smallest absolute Gasteiger partial charge is 0.00451 e. The van der Waals surface area contributed by atoms with E-state index in [1.54, 1.807) is 0 Å². The van der Waals surface area contributed by atoms with Crippen LogP contribution in [0.15, 0.2) is 0 Å². The highest BCUT2D eigenvalue weighted by Crippen LogP contribution is 2.35. The van der Waals surface area contributed by atoms with Gasteiger partial charge in [0.1, 0.15) is 0 Å². The Hall–Kier alpha value is 0.350. The number of hydrogen-bond donors (Lipinski definition) is 1. The van der Waals surface area contributed by atoms with E-state index in [9.17, 15) is 0 Å². The Labute approximate surface area is 88.9 Å². The maximum absolute atomic E-state index is 4.65. The fraction of sp³-hybridized carbons (Fsp3) is 1.00. The Morgan fingerprint density at radius 2 is 1.92 bits per heavy atom. The van der Waals surface area contributed by atoms with Crippen LogP contribution in [0.5, 0.6) is 0 Å². The fourth-order valence-corrected chi connectivity index (χ4v) is 3.16. The lowest BCUT2D eigenvalue weighted by atomic mass is 9.88. The van der Waals surface area contributed by atoms with Crippen LogP contribution in [0.25, 0.3) is 0 Å². The van der Waals surface area contributed by atoms with Gasteiger partial charge in [0.15, 0.2) is 0 Å². The van der Waals surface area contributed by atoms with Crippen LogP contribution >= 0.6 is 12.6 Å². The van der Waals surface area contributed by atoms with Crippen LogP contribution in [0.4, 0.5) is 0 Å². The summed E-state index contributed by atoms with van der Waals surface area (Å²) in [5.74, 6) is 2.67. The van der Waals surface area contributed by atoms with E-state index in [0.29, 0.717) is 5.25 Å². The molecule has 0 nitrogen and oxygen atoms in total. The molecule has 1 aliphatic carbocycles. The predicted molar refractivity (Wildman–Crippen MR) is 63.4 cm³/mol. The molecule has 0 N–H and O–H groups in total. The summed E-state index contributed by atoms with van der Waals surface area (Å²) in [5.41, 5.74) is 0. The largest absolute Gasteiger partial charge is 0.176 e. The molecule has 3 atom stereocenters. The zero-order valence-corrected chi connectivity index (χ0v) is 10.2. The van der Waals surface area contributed by atoms with E-state index in [1.807, 2.05) is 0 Å². The zero-order chi connectivity index (χ0) is 9.84. The van der Waals surface area contributed by atoms with Gasteiger partial charge >= 0.3 is 0 Å². The van der Waals surface area contributed by atoms with Crippen molar-refractivity contribution in [2.45, 2.75) is 58.1 Å². The van der Waals surface area contributed by atoms with Gasteiger partial charge in [0.05, 0.1) is 0 Å². The van der Waals surface area contributed by atoms with Crippen LogP contribution in [0.3, 0.4) is 0 Å². The van der Waals surface area contributed by atoms with Gasteiger partial charge in [-0.05, 0) is 43.4 Å². The average Bonchev–Trinajstić information content (AvgIpc) is 2.34. The molecule has 0 radical (unpaired) electrons. The van der Waals surface area contributed by atoms with Gasteiger partial charge in [-0.3, -0.25) is 0 Å². The van der Waals surface area contributed by atoms with E-state index in [2.05, 4.69) is 33.4 Å². The summed E-state index contributed by atoms with van der Waals surface area (Å²) in [5, 5.41) is 0.703. The van der Waals surface area contributed by atoms with Crippen molar-refractivity contribution < 1.29 is 0 Å². The quantitative estimate of drug-likeness (QED) is 0.647. The Bertz CT molecular complexity index is 142. The van der Waals surface area contributed by atoms with Gasteiger partial charge in [-0.25, -0.2) is 0 Å². The fourth-order valence-electron chi connectivity index (χ4n) is 2.71.